The zero-order chi connectivity index (χ0) is 23.6. The predicted molar refractivity (Wildman–Crippen MR) is 122 cm³/mol. The highest BCUT2D eigenvalue weighted by molar-refractivity contribution is 7.86. The van der Waals surface area contributed by atoms with Crippen molar-refractivity contribution in [1.29, 1.82) is 0 Å². The molecule has 180 valence electrons. The first-order chi connectivity index (χ1) is 15.8. The van der Waals surface area contributed by atoms with Crippen molar-refractivity contribution in [2.45, 2.75) is 20.5 Å². The summed E-state index contributed by atoms with van der Waals surface area (Å²) in [6, 6.07) is 7.11. The van der Waals surface area contributed by atoms with Gasteiger partial charge in [-0.2, -0.15) is 17.0 Å². The van der Waals surface area contributed by atoms with Crippen molar-refractivity contribution in [1.82, 2.24) is 23.6 Å². The molecule has 1 aromatic heterocycles. The van der Waals surface area contributed by atoms with E-state index in [-0.39, 0.29) is 25.6 Å². The van der Waals surface area contributed by atoms with Crippen molar-refractivity contribution in [3.05, 3.63) is 46.8 Å². The average Bonchev–Trinajstić information content (AvgIpc) is 3.15. The molecular weight excluding hydrogens is 446 g/mol. The monoisotopic (exact) mass is 477 g/mol. The quantitative estimate of drug-likeness (QED) is 0.615. The summed E-state index contributed by atoms with van der Waals surface area (Å²) in [6.07, 6.45) is 0. The van der Waals surface area contributed by atoms with Crippen LogP contribution in [0.25, 0.3) is 0 Å². The van der Waals surface area contributed by atoms with Gasteiger partial charge >= 0.3 is 0 Å². The van der Waals surface area contributed by atoms with Crippen LogP contribution in [-0.2, 0) is 16.8 Å². The molecular formula is C22H31N5O5S. The van der Waals surface area contributed by atoms with E-state index in [1.54, 1.807) is 27.4 Å². The Morgan fingerprint density at radius 1 is 1.00 bits per heavy atom. The summed E-state index contributed by atoms with van der Waals surface area (Å²) in [5, 5.41) is 3.93. The number of hydrogen-bond acceptors (Lipinski definition) is 7. The van der Waals surface area contributed by atoms with E-state index in [9.17, 15) is 13.2 Å². The fraction of sp³-hybridized carbons (Fsp3) is 0.545. The van der Waals surface area contributed by atoms with Crippen LogP contribution >= 0.6 is 0 Å². The number of piperazine rings is 2. The van der Waals surface area contributed by atoms with E-state index < -0.39 is 10.2 Å². The number of aromatic nitrogens is 1. The van der Waals surface area contributed by atoms with Crippen molar-refractivity contribution >= 4 is 16.1 Å². The maximum absolute atomic E-state index is 13.2. The zero-order valence-electron chi connectivity index (χ0n) is 19.4. The van der Waals surface area contributed by atoms with Gasteiger partial charge in [0, 0.05) is 52.4 Å². The lowest BCUT2D eigenvalue weighted by molar-refractivity contribution is 0.0687. The summed E-state index contributed by atoms with van der Waals surface area (Å²) < 4.78 is 40.2. The Morgan fingerprint density at radius 3 is 2.21 bits per heavy atom. The van der Waals surface area contributed by atoms with Crippen molar-refractivity contribution in [2.24, 2.45) is 0 Å². The van der Waals surface area contributed by atoms with Gasteiger partial charge in [0.2, 0.25) is 0 Å². The Morgan fingerprint density at radius 2 is 1.61 bits per heavy atom. The van der Waals surface area contributed by atoms with Gasteiger partial charge in [0.15, 0.2) is 0 Å². The SMILES string of the molecule is Cc1noc(C)c1COc1ccccc1C(=O)N1CCN(S(=O)(=O)N2CCN(C)CC2)CC1. The summed E-state index contributed by atoms with van der Waals surface area (Å²) in [6.45, 7) is 7.60. The highest BCUT2D eigenvalue weighted by Crippen LogP contribution is 2.24. The van der Waals surface area contributed by atoms with E-state index in [2.05, 4.69) is 10.1 Å². The topological polar surface area (TPSA) is 99.4 Å². The summed E-state index contributed by atoms with van der Waals surface area (Å²) in [7, 11) is -1.52. The number of nitrogens with zero attached hydrogens (tertiary/aromatic N) is 5. The summed E-state index contributed by atoms with van der Waals surface area (Å²) in [4.78, 5) is 17.0. The number of rotatable bonds is 6. The number of amides is 1. The van der Waals surface area contributed by atoms with Crippen LogP contribution in [0, 0.1) is 13.8 Å². The summed E-state index contributed by atoms with van der Waals surface area (Å²) in [5.41, 5.74) is 2.08. The van der Waals surface area contributed by atoms with Crippen LogP contribution in [0.4, 0.5) is 0 Å². The van der Waals surface area contributed by atoms with Crippen LogP contribution in [-0.4, -0.2) is 97.3 Å². The molecule has 0 spiro atoms. The van der Waals surface area contributed by atoms with Crippen molar-refractivity contribution in [2.75, 3.05) is 59.4 Å². The number of hydrogen-bond donors (Lipinski definition) is 0. The predicted octanol–water partition coefficient (Wildman–Crippen LogP) is 1.12. The van der Waals surface area contributed by atoms with Crippen molar-refractivity contribution in [3.8, 4) is 5.75 Å². The van der Waals surface area contributed by atoms with Crippen LogP contribution in [0.5, 0.6) is 5.75 Å². The molecule has 0 radical (unpaired) electrons. The maximum atomic E-state index is 13.2. The standard InChI is InChI=1S/C22H31N5O5S/c1-17-20(18(2)32-23-17)16-31-21-7-5-4-6-19(21)22(28)25-10-14-27(15-11-25)33(29,30)26-12-8-24(3)9-13-26/h4-7H,8-16H2,1-3H3. The van der Waals surface area contributed by atoms with Crippen molar-refractivity contribution in [3.63, 3.8) is 0 Å². The fourth-order valence-corrected chi connectivity index (χ4v) is 5.68. The fourth-order valence-electron chi connectivity index (χ4n) is 4.10. The van der Waals surface area contributed by atoms with Gasteiger partial charge in [-0.25, -0.2) is 0 Å². The lowest BCUT2D eigenvalue weighted by Crippen LogP contribution is -2.57. The van der Waals surface area contributed by atoms with Crippen LogP contribution in [0.15, 0.2) is 28.8 Å². The molecule has 0 unspecified atom stereocenters. The Bertz CT molecular complexity index is 1070. The third-order valence-electron chi connectivity index (χ3n) is 6.31. The molecule has 4 rings (SSSR count). The molecule has 0 N–H and O–H groups in total. The number of benzene rings is 1. The molecule has 0 saturated carbocycles. The second-order valence-electron chi connectivity index (χ2n) is 8.49. The molecule has 11 heteroatoms. The number of likely N-dealkylation sites (N-methyl/N-ethyl adjacent to an activating group) is 1. The van der Waals surface area contributed by atoms with Crippen molar-refractivity contribution < 1.29 is 22.5 Å². The van der Waals surface area contributed by atoms with Gasteiger partial charge in [-0.1, -0.05) is 17.3 Å². The molecule has 0 atom stereocenters. The van der Waals surface area contributed by atoms with Gasteiger partial charge in [0.25, 0.3) is 16.1 Å². The minimum Gasteiger partial charge on any atom is -0.488 e. The summed E-state index contributed by atoms with van der Waals surface area (Å²) in [5.74, 6) is 1.00. The lowest BCUT2D eigenvalue weighted by Gasteiger charge is -2.39. The number of carbonyl (C=O) groups is 1. The normalized spacial score (nSPS) is 19.1. The van der Waals surface area contributed by atoms with E-state index in [4.69, 9.17) is 9.26 Å². The molecule has 0 bridgehead atoms. The first kappa shape index (κ1) is 23.7. The molecule has 2 fully saturated rings. The van der Waals surface area contributed by atoms with Gasteiger partial charge < -0.3 is 19.1 Å². The third kappa shape index (κ3) is 5.06. The van der Waals surface area contributed by atoms with Gasteiger partial charge in [0.05, 0.1) is 16.8 Å². The zero-order valence-corrected chi connectivity index (χ0v) is 20.2. The Labute approximate surface area is 194 Å². The van der Waals surface area contributed by atoms with E-state index >= 15 is 0 Å². The molecule has 1 aromatic carbocycles. The minimum absolute atomic E-state index is 0.166. The second-order valence-corrected chi connectivity index (χ2v) is 10.4. The number of aryl methyl sites for hydroxylation is 2. The molecule has 2 aromatic rings. The average molecular weight is 478 g/mol. The largest absolute Gasteiger partial charge is 0.488 e. The summed E-state index contributed by atoms with van der Waals surface area (Å²) >= 11 is 0. The number of ether oxygens (including phenoxy) is 1. The maximum Gasteiger partial charge on any atom is 0.282 e. The smallest absolute Gasteiger partial charge is 0.282 e. The van der Waals surface area contributed by atoms with Crippen LogP contribution < -0.4 is 4.74 Å². The minimum atomic E-state index is -3.51. The van der Waals surface area contributed by atoms with Gasteiger partial charge in [0.1, 0.15) is 18.1 Å². The molecule has 3 heterocycles. The van der Waals surface area contributed by atoms with Gasteiger partial charge in [-0.05, 0) is 33.0 Å². The molecule has 2 aliphatic rings. The Kier molecular flexibility index (Phi) is 7.03. The lowest BCUT2D eigenvalue weighted by atomic mass is 10.1. The van der Waals surface area contributed by atoms with Crippen LogP contribution in [0.1, 0.15) is 27.4 Å². The molecule has 1 amide bonds. The van der Waals surface area contributed by atoms with E-state index in [0.29, 0.717) is 43.3 Å². The third-order valence-corrected chi connectivity index (χ3v) is 8.35. The first-order valence-corrected chi connectivity index (χ1v) is 12.5. The van der Waals surface area contributed by atoms with E-state index in [1.165, 1.54) is 4.31 Å². The number of para-hydroxylation sites is 1. The molecule has 2 saturated heterocycles. The molecule has 0 aliphatic carbocycles. The molecule has 33 heavy (non-hydrogen) atoms. The Balaban J connectivity index is 1.39. The van der Waals surface area contributed by atoms with E-state index in [1.807, 2.05) is 27.0 Å². The van der Waals surface area contributed by atoms with Gasteiger partial charge in [-0.15, -0.1) is 0 Å². The highest BCUT2D eigenvalue weighted by Gasteiger charge is 2.35. The van der Waals surface area contributed by atoms with Crippen LogP contribution in [0.2, 0.25) is 0 Å². The van der Waals surface area contributed by atoms with E-state index in [0.717, 1.165) is 24.3 Å². The number of carbonyl (C=O) groups excluding carboxylic acids is 1. The first-order valence-electron chi connectivity index (χ1n) is 11.1. The highest BCUT2D eigenvalue weighted by atomic mass is 32.2. The molecule has 2 aliphatic heterocycles. The van der Waals surface area contributed by atoms with Crippen LogP contribution in [0.3, 0.4) is 0 Å². The second kappa shape index (κ2) is 9.80. The molecule has 10 nitrogen and oxygen atoms in total. The van der Waals surface area contributed by atoms with Gasteiger partial charge in [-0.3, -0.25) is 4.79 Å². The Hall–Kier alpha value is -2.47.